The highest BCUT2D eigenvalue weighted by Gasteiger charge is 2.09. The van der Waals surface area contributed by atoms with Crippen LogP contribution in [0, 0.1) is 0 Å². The van der Waals surface area contributed by atoms with Gasteiger partial charge in [-0.3, -0.25) is 0 Å². The van der Waals surface area contributed by atoms with Crippen LogP contribution in [0.1, 0.15) is 0 Å². The minimum Gasteiger partial charge on any atom is -0.319 e. The third-order valence-corrected chi connectivity index (χ3v) is 3.51. The van der Waals surface area contributed by atoms with Crippen molar-refractivity contribution in [2.45, 2.75) is 0 Å². The number of hydrogen-bond acceptors (Lipinski definition) is 2. The molecule has 0 aromatic carbocycles. The van der Waals surface area contributed by atoms with Crippen LogP contribution in [-0.4, -0.2) is 13.3 Å². The van der Waals surface area contributed by atoms with Gasteiger partial charge in [-0.1, -0.05) is 0 Å². The number of thiophene rings is 1. The van der Waals surface area contributed by atoms with Gasteiger partial charge in [-0.15, -0.1) is 0 Å². The van der Waals surface area contributed by atoms with Crippen LogP contribution in [0.25, 0.3) is 0 Å². The zero-order chi connectivity index (χ0) is 6.91. The van der Waals surface area contributed by atoms with E-state index in [-0.39, 0.29) is 0 Å². The molecule has 0 fully saturated rings. The van der Waals surface area contributed by atoms with Gasteiger partial charge in [0.2, 0.25) is 0 Å². The molecule has 0 radical (unpaired) electrons. The molecule has 3 heteroatoms. The summed E-state index contributed by atoms with van der Waals surface area (Å²) in [5.74, 6) is 0. The molecule has 9 heavy (non-hydrogen) atoms. The van der Waals surface area contributed by atoms with Crippen molar-refractivity contribution in [3.05, 3.63) is 16.8 Å². The van der Waals surface area contributed by atoms with Crippen LogP contribution in [-0.2, 0) is 4.57 Å². The van der Waals surface area contributed by atoms with Crippen LogP contribution in [0.2, 0.25) is 0 Å². The first-order chi connectivity index (χ1) is 4.11. The highest BCUT2D eigenvalue weighted by Crippen LogP contribution is 2.34. The molecular weight excluding hydrogens is 151 g/mol. The van der Waals surface area contributed by atoms with E-state index < -0.39 is 7.14 Å². The second-order valence-electron chi connectivity index (χ2n) is 2.33. The molecule has 0 saturated heterocycles. The molecule has 0 aliphatic rings. The molecule has 0 atom stereocenters. The lowest BCUT2D eigenvalue weighted by atomic mass is 10.7. The minimum atomic E-state index is -1.96. The summed E-state index contributed by atoms with van der Waals surface area (Å²) in [6, 6.07) is 1.92. The smallest absolute Gasteiger partial charge is 0.110 e. The van der Waals surface area contributed by atoms with Crippen LogP contribution in [0.3, 0.4) is 0 Å². The molecule has 0 aliphatic heterocycles. The first-order valence-corrected chi connectivity index (χ1v) is 6.23. The van der Waals surface area contributed by atoms with Crippen molar-refractivity contribution >= 4 is 23.8 Å². The summed E-state index contributed by atoms with van der Waals surface area (Å²) in [5, 5.41) is 4.89. The van der Waals surface area contributed by atoms with Gasteiger partial charge in [0, 0.05) is 10.7 Å². The van der Waals surface area contributed by atoms with Gasteiger partial charge < -0.3 is 4.57 Å². The van der Waals surface area contributed by atoms with E-state index in [0.29, 0.717) is 0 Å². The minimum absolute atomic E-state index is 0.993. The van der Waals surface area contributed by atoms with Gasteiger partial charge >= 0.3 is 0 Å². The Morgan fingerprint density at radius 1 is 1.56 bits per heavy atom. The van der Waals surface area contributed by atoms with Crippen LogP contribution in [0.4, 0.5) is 0 Å². The molecule has 0 spiro atoms. The van der Waals surface area contributed by atoms with Gasteiger partial charge in [-0.25, -0.2) is 0 Å². The molecule has 0 amide bonds. The van der Waals surface area contributed by atoms with Gasteiger partial charge in [-0.05, 0) is 24.8 Å². The first-order valence-electron chi connectivity index (χ1n) is 2.68. The maximum Gasteiger partial charge on any atom is 0.110 e. The van der Waals surface area contributed by atoms with Crippen molar-refractivity contribution in [1.82, 2.24) is 0 Å². The van der Waals surface area contributed by atoms with E-state index in [1.54, 1.807) is 24.7 Å². The second kappa shape index (κ2) is 2.28. The molecule has 1 aromatic heterocycles. The Bertz CT molecular complexity index is 221. The third kappa shape index (κ3) is 1.67. The summed E-state index contributed by atoms with van der Waals surface area (Å²) in [4.78, 5) is 0. The molecule has 0 aliphatic carbocycles. The third-order valence-electron chi connectivity index (χ3n) is 1.13. The Hall–Kier alpha value is -0.0700. The fourth-order valence-corrected chi connectivity index (χ4v) is 2.82. The molecular formula is C6H9OPS. The van der Waals surface area contributed by atoms with Crippen molar-refractivity contribution in [3.8, 4) is 0 Å². The predicted molar refractivity (Wildman–Crippen MR) is 43.4 cm³/mol. The lowest BCUT2D eigenvalue weighted by Crippen LogP contribution is -1.96. The van der Waals surface area contributed by atoms with E-state index in [1.807, 2.05) is 16.8 Å². The molecule has 0 saturated carbocycles. The van der Waals surface area contributed by atoms with Crippen LogP contribution in [0.5, 0.6) is 0 Å². The number of rotatable bonds is 1. The molecule has 0 unspecified atom stereocenters. The zero-order valence-electron chi connectivity index (χ0n) is 5.50. The van der Waals surface area contributed by atoms with Gasteiger partial charge in [-0.2, -0.15) is 11.3 Å². The van der Waals surface area contributed by atoms with Crippen LogP contribution in [0.15, 0.2) is 16.8 Å². The normalized spacial score (nSPS) is 11.8. The van der Waals surface area contributed by atoms with Crippen LogP contribution < -0.4 is 5.30 Å². The van der Waals surface area contributed by atoms with Gasteiger partial charge in [0.05, 0.1) is 0 Å². The van der Waals surface area contributed by atoms with E-state index >= 15 is 0 Å². The SMILES string of the molecule is CP(C)(=O)c1ccsc1. The van der Waals surface area contributed by atoms with E-state index in [1.165, 1.54) is 0 Å². The summed E-state index contributed by atoms with van der Waals surface area (Å²) < 4.78 is 11.3. The van der Waals surface area contributed by atoms with Crippen molar-refractivity contribution in [1.29, 1.82) is 0 Å². The average Bonchev–Trinajstić information content (AvgIpc) is 2.08. The number of hydrogen-bond donors (Lipinski definition) is 0. The molecule has 1 heterocycles. The van der Waals surface area contributed by atoms with Crippen LogP contribution >= 0.6 is 18.5 Å². The Balaban J connectivity index is 3.04. The monoisotopic (exact) mass is 160 g/mol. The fraction of sp³-hybridized carbons (Fsp3) is 0.333. The molecule has 0 bridgehead atoms. The molecule has 1 aromatic rings. The maximum atomic E-state index is 11.3. The quantitative estimate of drug-likeness (QED) is 0.574. The summed E-state index contributed by atoms with van der Waals surface area (Å²) >= 11 is 1.59. The largest absolute Gasteiger partial charge is 0.319 e. The summed E-state index contributed by atoms with van der Waals surface area (Å²) in [6.07, 6.45) is 0. The standard InChI is InChI=1S/C6H9OPS/c1-8(2,7)6-3-4-9-5-6/h3-5H,1-2H3. The zero-order valence-corrected chi connectivity index (χ0v) is 7.21. The molecule has 1 nitrogen and oxygen atoms in total. The second-order valence-corrected chi connectivity index (χ2v) is 6.33. The summed E-state index contributed by atoms with van der Waals surface area (Å²) in [5.41, 5.74) is 0. The van der Waals surface area contributed by atoms with E-state index in [2.05, 4.69) is 0 Å². The van der Waals surface area contributed by atoms with Crippen molar-refractivity contribution in [2.24, 2.45) is 0 Å². The lowest BCUT2D eigenvalue weighted by molar-refractivity contribution is 0.588. The molecule has 1 rings (SSSR count). The highest BCUT2D eigenvalue weighted by atomic mass is 32.1. The van der Waals surface area contributed by atoms with E-state index in [0.717, 1.165) is 5.30 Å². The summed E-state index contributed by atoms with van der Waals surface area (Å²) in [6.45, 7) is 3.57. The topological polar surface area (TPSA) is 17.1 Å². The van der Waals surface area contributed by atoms with Gasteiger partial charge in [0.25, 0.3) is 0 Å². The lowest BCUT2D eigenvalue weighted by Gasteiger charge is -1.99. The molecule has 0 N–H and O–H groups in total. The average molecular weight is 160 g/mol. The predicted octanol–water partition coefficient (Wildman–Crippen LogP) is 2.00. The highest BCUT2D eigenvalue weighted by molar-refractivity contribution is 7.70. The Labute approximate surface area is 59.1 Å². The fourth-order valence-electron chi connectivity index (χ4n) is 0.564. The van der Waals surface area contributed by atoms with E-state index in [4.69, 9.17) is 0 Å². The van der Waals surface area contributed by atoms with Crippen molar-refractivity contribution < 1.29 is 4.57 Å². The Morgan fingerprint density at radius 3 is 2.44 bits per heavy atom. The molecule has 50 valence electrons. The van der Waals surface area contributed by atoms with E-state index in [9.17, 15) is 4.57 Å². The van der Waals surface area contributed by atoms with Gasteiger partial charge in [0.15, 0.2) is 0 Å². The summed E-state index contributed by atoms with van der Waals surface area (Å²) in [7, 11) is -1.96. The van der Waals surface area contributed by atoms with Gasteiger partial charge in [0.1, 0.15) is 7.14 Å². The van der Waals surface area contributed by atoms with Crippen molar-refractivity contribution in [2.75, 3.05) is 13.3 Å². The first kappa shape index (κ1) is 7.04. The Morgan fingerprint density at radius 2 is 2.22 bits per heavy atom. The maximum absolute atomic E-state index is 11.3. The Kier molecular flexibility index (Phi) is 1.78. The van der Waals surface area contributed by atoms with Crippen molar-refractivity contribution in [3.63, 3.8) is 0 Å².